The Labute approximate surface area is 120 Å². The van der Waals surface area contributed by atoms with Gasteiger partial charge in [-0.25, -0.2) is 0 Å². The Kier molecular flexibility index (Phi) is 2.53. The van der Waals surface area contributed by atoms with Gasteiger partial charge in [-0.2, -0.15) is 0 Å². The van der Waals surface area contributed by atoms with Crippen LogP contribution in [0.2, 0.25) is 0 Å². The van der Waals surface area contributed by atoms with E-state index in [0.717, 1.165) is 33.9 Å². The van der Waals surface area contributed by atoms with Crippen LogP contribution in [0.4, 0.5) is 0 Å². The second kappa shape index (κ2) is 4.52. The second-order valence-electron chi connectivity index (χ2n) is 4.76. The van der Waals surface area contributed by atoms with Crippen LogP contribution in [0.25, 0.3) is 28.2 Å². The summed E-state index contributed by atoms with van der Waals surface area (Å²) in [6.45, 7) is 1.95. The van der Waals surface area contributed by atoms with E-state index in [-0.39, 0.29) is 0 Å². The molecule has 6 heteroatoms. The fraction of sp³-hybridized carbons (Fsp3) is 0.0667. The molecule has 21 heavy (non-hydrogen) atoms. The Morgan fingerprint density at radius 2 is 2.10 bits per heavy atom. The summed E-state index contributed by atoms with van der Waals surface area (Å²) in [6.07, 6.45) is 5.24. The van der Waals surface area contributed by atoms with Crippen molar-refractivity contribution in [2.45, 2.75) is 6.92 Å². The number of hydrogen-bond acceptors (Lipinski definition) is 5. The van der Waals surface area contributed by atoms with Gasteiger partial charge in [-0.3, -0.25) is 9.38 Å². The average Bonchev–Trinajstić information content (AvgIpc) is 3.15. The molecule has 0 spiro atoms. The zero-order valence-corrected chi connectivity index (χ0v) is 11.3. The number of aryl methyl sites for hydroxylation is 1. The zero-order valence-electron chi connectivity index (χ0n) is 11.3. The molecule has 0 N–H and O–H groups in total. The van der Waals surface area contributed by atoms with Crippen LogP contribution < -0.4 is 0 Å². The van der Waals surface area contributed by atoms with Crippen LogP contribution in [0.1, 0.15) is 5.69 Å². The van der Waals surface area contributed by atoms with E-state index in [9.17, 15) is 0 Å². The zero-order chi connectivity index (χ0) is 14.2. The average molecular weight is 277 g/mol. The van der Waals surface area contributed by atoms with E-state index >= 15 is 0 Å². The summed E-state index contributed by atoms with van der Waals surface area (Å²) < 4.78 is 7.01. The van der Waals surface area contributed by atoms with Crippen LogP contribution in [-0.2, 0) is 0 Å². The van der Waals surface area contributed by atoms with E-state index in [1.165, 1.54) is 0 Å². The first-order chi connectivity index (χ1) is 10.3. The molecular formula is C15H11N5O. The quantitative estimate of drug-likeness (QED) is 0.563. The van der Waals surface area contributed by atoms with Crippen LogP contribution in [0.5, 0.6) is 0 Å². The maximum absolute atomic E-state index is 5.16. The maximum atomic E-state index is 5.16. The molecule has 6 nitrogen and oxygen atoms in total. The van der Waals surface area contributed by atoms with Gasteiger partial charge in [0.15, 0.2) is 5.65 Å². The highest BCUT2D eigenvalue weighted by Gasteiger charge is 2.14. The number of pyridine rings is 2. The summed E-state index contributed by atoms with van der Waals surface area (Å²) in [5, 5.41) is 12.0. The number of rotatable bonds is 2. The van der Waals surface area contributed by atoms with Crippen molar-refractivity contribution in [2.75, 3.05) is 0 Å². The number of nitrogens with zero attached hydrogens (tertiary/aromatic N) is 5. The molecule has 0 aliphatic carbocycles. The molecule has 4 rings (SSSR count). The summed E-state index contributed by atoms with van der Waals surface area (Å²) >= 11 is 0. The van der Waals surface area contributed by atoms with Crippen LogP contribution in [0, 0.1) is 6.92 Å². The minimum atomic E-state index is 0.728. The molecule has 0 amide bonds. The summed E-state index contributed by atoms with van der Waals surface area (Å²) in [6, 6.07) is 9.70. The highest BCUT2D eigenvalue weighted by molar-refractivity contribution is 5.78. The van der Waals surface area contributed by atoms with E-state index in [0.29, 0.717) is 0 Å². The summed E-state index contributed by atoms with van der Waals surface area (Å²) in [5.74, 6) is 0. The topological polar surface area (TPSA) is 69.1 Å². The molecule has 0 saturated heterocycles. The predicted octanol–water partition coefficient (Wildman–Crippen LogP) is 2.75. The summed E-state index contributed by atoms with van der Waals surface area (Å²) in [5.41, 5.74) is 5.13. The van der Waals surface area contributed by atoms with E-state index in [2.05, 4.69) is 20.3 Å². The highest BCUT2D eigenvalue weighted by Crippen LogP contribution is 2.30. The van der Waals surface area contributed by atoms with Crippen molar-refractivity contribution in [3.8, 4) is 22.5 Å². The number of aromatic nitrogens is 5. The summed E-state index contributed by atoms with van der Waals surface area (Å²) in [7, 11) is 0. The SMILES string of the molecule is Cc1cccc(-c2nocc2-c2ccc3nncn3c2)n1. The van der Waals surface area contributed by atoms with E-state index in [4.69, 9.17) is 4.52 Å². The summed E-state index contributed by atoms with van der Waals surface area (Å²) in [4.78, 5) is 4.50. The van der Waals surface area contributed by atoms with Gasteiger partial charge in [0.1, 0.15) is 18.3 Å². The molecule has 0 fully saturated rings. The van der Waals surface area contributed by atoms with Crippen molar-refractivity contribution in [1.82, 2.24) is 24.7 Å². The van der Waals surface area contributed by atoms with Gasteiger partial charge in [-0.1, -0.05) is 11.2 Å². The minimum Gasteiger partial charge on any atom is -0.363 e. The van der Waals surface area contributed by atoms with Gasteiger partial charge in [0.25, 0.3) is 0 Å². The first-order valence-electron chi connectivity index (χ1n) is 6.49. The lowest BCUT2D eigenvalue weighted by Crippen LogP contribution is -1.90. The molecule has 0 aromatic carbocycles. The lowest BCUT2D eigenvalue weighted by Gasteiger charge is -2.02. The third-order valence-corrected chi connectivity index (χ3v) is 3.30. The molecule has 0 saturated carbocycles. The van der Waals surface area contributed by atoms with Gasteiger partial charge in [-0.15, -0.1) is 10.2 Å². The monoisotopic (exact) mass is 277 g/mol. The van der Waals surface area contributed by atoms with E-state index in [1.807, 2.05) is 47.9 Å². The van der Waals surface area contributed by atoms with E-state index < -0.39 is 0 Å². The van der Waals surface area contributed by atoms with Crippen molar-refractivity contribution >= 4 is 5.65 Å². The van der Waals surface area contributed by atoms with Crippen molar-refractivity contribution in [1.29, 1.82) is 0 Å². The Hall–Kier alpha value is -3.02. The van der Waals surface area contributed by atoms with Gasteiger partial charge in [0.05, 0.1) is 11.3 Å². The molecule has 102 valence electrons. The first-order valence-corrected chi connectivity index (χ1v) is 6.49. The molecule has 0 aliphatic rings. The van der Waals surface area contributed by atoms with Gasteiger partial charge in [0, 0.05) is 17.5 Å². The normalized spacial score (nSPS) is 11.1. The van der Waals surface area contributed by atoms with Crippen LogP contribution in [-0.4, -0.2) is 24.7 Å². The van der Waals surface area contributed by atoms with Crippen molar-refractivity contribution < 1.29 is 4.52 Å². The number of fused-ring (bicyclic) bond motifs is 1. The molecular weight excluding hydrogens is 266 g/mol. The van der Waals surface area contributed by atoms with Crippen LogP contribution >= 0.6 is 0 Å². The molecule has 4 aromatic heterocycles. The van der Waals surface area contributed by atoms with Crippen molar-refractivity contribution in [3.05, 3.63) is 54.8 Å². The number of hydrogen-bond donors (Lipinski definition) is 0. The predicted molar refractivity (Wildman–Crippen MR) is 76.5 cm³/mol. The van der Waals surface area contributed by atoms with Crippen molar-refractivity contribution in [2.24, 2.45) is 0 Å². The minimum absolute atomic E-state index is 0.728. The lowest BCUT2D eigenvalue weighted by molar-refractivity contribution is 0.422. The Bertz CT molecular complexity index is 924. The van der Waals surface area contributed by atoms with Crippen LogP contribution in [0.3, 0.4) is 0 Å². The molecule has 0 unspecified atom stereocenters. The van der Waals surface area contributed by atoms with E-state index in [1.54, 1.807) is 12.6 Å². The van der Waals surface area contributed by atoms with Crippen molar-refractivity contribution in [3.63, 3.8) is 0 Å². The standard InChI is InChI=1S/C15H11N5O/c1-10-3-2-4-13(17-10)15-12(8-21-19-15)11-5-6-14-18-16-9-20(14)7-11/h2-9H,1H3. The van der Waals surface area contributed by atoms with Gasteiger partial charge in [-0.05, 0) is 31.2 Å². The van der Waals surface area contributed by atoms with Gasteiger partial charge < -0.3 is 4.52 Å². The molecule has 4 heterocycles. The second-order valence-corrected chi connectivity index (χ2v) is 4.76. The molecule has 4 aromatic rings. The third-order valence-electron chi connectivity index (χ3n) is 3.30. The Morgan fingerprint density at radius 3 is 3.00 bits per heavy atom. The van der Waals surface area contributed by atoms with Crippen LogP contribution in [0.15, 0.2) is 53.6 Å². The Morgan fingerprint density at radius 1 is 1.14 bits per heavy atom. The molecule has 0 bridgehead atoms. The van der Waals surface area contributed by atoms with Gasteiger partial charge >= 0.3 is 0 Å². The fourth-order valence-electron chi connectivity index (χ4n) is 2.29. The fourth-order valence-corrected chi connectivity index (χ4v) is 2.29. The third kappa shape index (κ3) is 1.97. The largest absolute Gasteiger partial charge is 0.363 e. The smallest absolute Gasteiger partial charge is 0.160 e. The Balaban J connectivity index is 1.88. The lowest BCUT2D eigenvalue weighted by atomic mass is 10.1. The first kappa shape index (κ1) is 11.8. The molecule has 0 atom stereocenters. The van der Waals surface area contributed by atoms with Gasteiger partial charge in [0.2, 0.25) is 0 Å². The molecule has 0 radical (unpaired) electrons. The highest BCUT2D eigenvalue weighted by atomic mass is 16.5. The molecule has 0 aliphatic heterocycles. The maximum Gasteiger partial charge on any atom is 0.160 e.